The Bertz CT molecular complexity index is 173. The highest BCUT2D eigenvalue weighted by atomic mass is 16.5. The molecule has 0 fully saturated rings. The molecular weight excluding hydrogens is 134 g/mol. The van der Waals surface area contributed by atoms with Crippen molar-refractivity contribution in [3.63, 3.8) is 0 Å². The van der Waals surface area contributed by atoms with Crippen LogP contribution in [0, 0.1) is 0 Å². The van der Waals surface area contributed by atoms with Crippen LogP contribution in [0.5, 0.6) is 0 Å². The van der Waals surface area contributed by atoms with E-state index < -0.39 is 6.10 Å². The molecule has 0 aromatic carbocycles. The van der Waals surface area contributed by atoms with Gasteiger partial charge in [-0.2, -0.15) is 0 Å². The maximum atomic E-state index is 8.90. The van der Waals surface area contributed by atoms with E-state index in [1.165, 1.54) is 6.26 Å². The number of hydrogen-bond acceptors (Lipinski definition) is 4. The first-order chi connectivity index (χ1) is 4.83. The molecule has 2 N–H and O–H groups in total. The first-order valence-electron chi connectivity index (χ1n) is 3.01. The van der Waals surface area contributed by atoms with E-state index in [1.807, 2.05) is 0 Å². The molecule has 0 saturated carbocycles. The quantitative estimate of drug-likeness (QED) is 0.602. The molecule has 0 saturated heterocycles. The van der Waals surface area contributed by atoms with Gasteiger partial charge >= 0.3 is 0 Å². The van der Waals surface area contributed by atoms with E-state index in [4.69, 9.17) is 10.2 Å². The van der Waals surface area contributed by atoms with Crippen LogP contribution in [0.3, 0.4) is 0 Å². The summed E-state index contributed by atoms with van der Waals surface area (Å²) in [5, 5.41) is 20.9. The van der Waals surface area contributed by atoms with Gasteiger partial charge in [0.25, 0.3) is 0 Å². The van der Waals surface area contributed by atoms with E-state index in [9.17, 15) is 0 Å². The van der Waals surface area contributed by atoms with Crippen molar-refractivity contribution in [1.29, 1.82) is 0 Å². The van der Waals surface area contributed by atoms with Gasteiger partial charge in [0, 0.05) is 12.5 Å². The number of hydrogen-bond donors (Lipinski definition) is 2. The number of aliphatic hydroxyl groups excluding tert-OH is 2. The Balaban J connectivity index is 2.40. The second-order valence-electron chi connectivity index (χ2n) is 2.03. The van der Waals surface area contributed by atoms with E-state index in [1.54, 1.807) is 6.07 Å². The van der Waals surface area contributed by atoms with E-state index >= 15 is 0 Å². The Kier molecular flexibility index (Phi) is 2.42. The summed E-state index contributed by atoms with van der Waals surface area (Å²) < 4.78 is 4.52. The van der Waals surface area contributed by atoms with Crippen LogP contribution in [0.1, 0.15) is 5.69 Å². The first-order valence-corrected chi connectivity index (χ1v) is 3.01. The van der Waals surface area contributed by atoms with Crippen LogP contribution in [-0.4, -0.2) is 28.1 Å². The Hall–Kier alpha value is -0.870. The van der Waals surface area contributed by atoms with Gasteiger partial charge in [-0.05, 0) is 0 Å². The summed E-state index contributed by atoms with van der Waals surface area (Å²) >= 11 is 0. The Morgan fingerprint density at radius 1 is 1.70 bits per heavy atom. The van der Waals surface area contributed by atoms with E-state index in [-0.39, 0.29) is 6.61 Å². The zero-order valence-corrected chi connectivity index (χ0v) is 5.40. The zero-order chi connectivity index (χ0) is 7.40. The average molecular weight is 143 g/mol. The van der Waals surface area contributed by atoms with E-state index in [2.05, 4.69) is 9.68 Å². The molecular formula is C6H9NO3. The van der Waals surface area contributed by atoms with E-state index in [0.717, 1.165) is 0 Å². The summed E-state index contributed by atoms with van der Waals surface area (Å²) in [7, 11) is 0. The summed E-state index contributed by atoms with van der Waals surface area (Å²) in [6.07, 6.45) is 1.04. The fourth-order valence-electron chi connectivity index (χ4n) is 0.649. The Morgan fingerprint density at radius 2 is 2.50 bits per heavy atom. The molecule has 56 valence electrons. The smallest absolute Gasteiger partial charge is 0.124 e. The summed E-state index contributed by atoms with van der Waals surface area (Å²) in [5.74, 6) is 0. The lowest BCUT2D eigenvalue weighted by atomic mass is 10.2. The van der Waals surface area contributed by atoms with Crippen molar-refractivity contribution < 1.29 is 14.7 Å². The molecule has 1 aromatic heterocycles. The molecule has 0 unspecified atom stereocenters. The van der Waals surface area contributed by atoms with Crippen LogP contribution < -0.4 is 0 Å². The van der Waals surface area contributed by atoms with Crippen molar-refractivity contribution in [2.24, 2.45) is 0 Å². The monoisotopic (exact) mass is 143 g/mol. The number of aliphatic hydroxyl groups is 2. The SMILES string of the molecule is OC[C@@H](O)Cc1ccon1. The van der Waals surface area contributed by atoms with Gasteiger partial charge < -0.3 is 14.7 Å². The molecule has 1 atom stereocenters. The third kappa shape index (κ3) is 1.82. The molecule has 0 amide bonds. The number of rotatable bonds is 3. The molecule has 1 heterocycles. The van der Waals surface area contributed by atoms with Gasteiger partial charge in [-0.3, -0.25) is 0 Å². The summed E-state index contributed by atoms with van der Waals surface area (Å²) in [6, 6.07) is 1.65. The lowest BCUT2D eigenvalue weighted by Gasteiger charge is -2.01. The minimum atomic E-state index is -0.731. The highest BCUT2D eigenvalue weighted by molar-refractivity contribution is 4.96. The second kappa shape index (κ2) is 3.34. The van der Waals surface area contributed by atoms with Crippen LogP contribution in [0.25, 0.3) is 0 Å². The van der Waals surface area contributed by atoms with Gasteiger partial charge in [-0.1, -0.05) is 5.16 Å². The minimum Gasteiger partial charge on any atom is -0.394 e. The molecule has 0 aliphatic heterocycles. The standard InChI is InChI=1S/C6H9NO3/c8-4-6(9)3-5-1-2-10-7-5/h1-2,6,8-9H,3-4H2/t6-/m0/s1. The molecule has 4 nitrogen and oxygen atoms in total. The zero-order valence-electron chi connectivity index (χ0n) is 5.40. The lowest BCUT2D eigenvalue weighted by molar-refractivity contribution is 0.0940. The van der Waals surface area contributed by atoms with Crippen molar-refractivity contribution in [1.82, 2.24) is 5.16 Å². The number of nitrogens with zero attached hydrogens (tertiary/aromatic N) is 1. The van der Waals surface area contributed by atoms with Gasteiger partial charge in [0.15, 0.2) is 0 Å². The van der Waals surface area contributed by atoms with Crippen LogP contribution in [0.4, 0.5) is 0 Å². The fourth-order valence-corrected chi connectivity index (χ4v) is 0.649. The molecule has 4 heteroatoms. The van der Waals surface area contributed by atoms with Gasteiger partial charge in [-0.25, -0.2) is 0 Å². The molecule has 10 heavy (non-hydrogen) atoms. The van der Waals surface area contributed by atoms with Crippen molar-refractivity contribution in [2.45, 2.75) is 12.5 Å². The average Bonchev–Trinajstić information content (AvgIpc) is 2.40. The highest BCUT2D eigenvalue weighted by Crippen LogP contribution is 1.98. The van der Waals surface area contributed by atoms with E-state index in [0.29, 0.717) is 12.1 Å². The van der Waals surface area contributed by atoms with Gasteiger partial charge in [-0.15, -0.1) is 0 Å². The third-order valence-corrected chi connectivity index (χ3v) is 1.15. The van der Waals surface area contributed by atoms with Crippen LogP contribution >= 0.6 is 0 Å². The normalized spacial score (nSPS) is 13.4. The molecule has 1 aromatic rings. The first kappa shape index (κ1) is 7.24. The van der Waals surface area contributed by atoms with Crippen molar-refractivity contribution in [2.75, 3.05) is 6.61 Å². The third-order valence-electron chi connectivity index (χ3n) is 1.15. The Labute approximate surface area is 58.1 Å². The molecule has 0 aliphatic carbocycles. The second-order valence-corrected chi connectivity index (χ2v) is 2.03. The molecule has 0 spiro atoms. The van der Waals surface area contributed by atoms with Crippen molar-refractivity contribution in [3.05, 3.63) is 18.0 Å². The van der Waals surface area contributed by atoms with Gasteiger partial charge in [0.2, 0.25) is 0 Å². The van der Waals surface area contributed by atoms with Crippen LogP contribution in [0.2, 0.25) is 0 Å². The molecule has 0 aliphatic rings. The Morgan fingerprint density at radius 3 is 3.00 bits per heavy atom. The van der Waals surface area contributed by atoms with Crippen molar-refractivity contribution in [3.8, 4) is 0 Å². The highest BCUT2D eigenvalue weighted by Gasteiger charge is 2.04. The molecule has 1 rings (SSSR count). The van der Waals surface area contributed by atoms with Crippen molar-refractivity contribution >= 4 is 0 Å². The minimum absolute atomic E-state index is 0.243. The fraction of sp³-hybridized carbons (Fsp3) is 0.500. The predicted octanol–water partition coefficient (Wildman–Crippen LogP) is -0.430. The van der Waals surface area contributed by atoms with Gasteiger partial charge in [0.1, 0.15) is 6.26 Å². The largest absolute Gasteiger partial charge is 0.394 e. The predicted molar refractivity (Wildman–Crippen MR) is 33.3 cm³/mol. The topological polar surface area (TPSA) is 66.5 Å². The summed E-state index contributed by atoms with van der Waals surface area (Å²) in [4.78, 5) is 0. The van der Waals surface area contributed by atoms with Crippen LogP contribution in [0.15, 0.2) is 16.9 Å². The van der Waals surface area contributed by atoms with Crippen LogP contribution in [-0.2, 0) is 6.42 Å². The molecule has 0 bridgehead atoms. The maximum Gasteiger partial charge on any atom is 0.124 e. The lowest BCUT2D eigenvalue weighted by Crippen LogP contribution is -2.15. The summed E-state index contributed by atoms with van der Waals surface area (Å²) in [5.41, 5.74) is 0.654. The molecule has 0 radical (unpaired) electrons. The summed E-state index contributed by atoms with van der Waals surface area (Å²) in [6.45, 7) is -0.243. The number of aromatic nitrogens is 1. The maximum absolute atomic E-state index is 8.90. The van der Waals surface area contributed by atoms with Gasteiger partial charge in [0.05, 0.1) is 18.4 Å².